The van der Waals surface area contributed by atoms with E-state index in [2.05, 4.69) is 63.8 Å². The minimum atomic E-state index is -1.15. The van der Waals surface area contributed by atoms with E-state index in [4.69, 9.17) is 5.11 Å². The molecule has 0 fully saturated rings. The summed E-state index contributed by atoms with van der Waals surface area (Å²) in [6, 6.07) is 4.55. The first kappa shape index (κ1) is 17.5. The molecule has 0 radical (unpaired) electrons. The van der Waals surface area contributed by atoms with Crippen LogP contribution in [0.3, 0.4) is 0 Å². The summed E-state index contributed by atoms with van der Waals surface area (Å²) in [7, 11) is 0. The highest BCUT2D eigenvalue weighted by molar-refractivity contribution is 8.04. The number of thioether (sulfide) groups is 1. The van der Waals surface area contributed by atoms with Crippen LogP contribution in [0.25, 0.3) is 0 Å². The van der Waals surface area contributed by atoms with Crippen LogP contribution in [0.2, 0.25) is 0 Å². The second-order valence-electron chi connectivity index (χ2n) is 7.32. The van der Waals surface area contributed by atoms with Crippen molar-refractivity contribution in [3.05, 3.63) is 28.8 Å². The largest absolute Gasteiger partial charge is 0.472 e. The number of benzene rings is 1. The fourth-order valence-corrected chi connectivity index (χ4v) is 3.61. The minimum Gasteiger partial charge on any atom is -0.472 e. The lowest BCUT2D eigenvalue weighted by molar-refractivity contribution is -0.130. The summed E-state index contributed by atoms with van der Waals surface area (Å²) < 4.78 is 0. The number of carbonyl (C=O) groups is 1. The van der Waals surface area contributed by atoms with E-state index in [1.165, 1.54) is 41.3 Å². The maximum atomic E-state index is 10.3. The summed E-state index contributed by atoms with van der Waals surface area (Å²) in [6.45, 7) is 11.3. The van der Waals surface area contributed by atoms with Crippen LogP contribution < -0.4 is 0 Å². The van der Waals surface area contributed by atoms with Crippen LogP contribution in [-0.2, 0) is 15.6 Å². The van der Waals surface area contributed by atoms with Crippen molar-refractivity contribution in [3.8, 4) is 23.0 Å². The van der Waals surface area contributed by atoms with Crippen molar-refractivity contribution >= 4 is 17.7 Å². The van der Waals surface area contributed by atoms with Gasteiger partial charge >= 0.3 is 5.97 Å². The van der Waals surface area contributed by atoms with Crippen LogP contribution in [-0.4, -0.2) is 11.1 Å². The average Bonchev–Trinajstić information content (AvgIpc) is 2.44. The van der Waals surface area contributed by atoms with Gasteiger partial charge in [-0.3, -0.25) is 0 Å². The second kappa shape index (κ2) is 6.34. The fourth-order valence-electron chi connectivity index (χ4n) is 3.00. The van der Waals surface area contributed by atoms with E-state index in [0.717, 1.165) is 4.90 Å². The second-order valence-corrected chi connectivity index (χ2v) is 8.16. The van der Waals surface area contributed by atoms with E-state index in [0.29, 0.717) is 0 Å². The van der Waals surface area contributed by atoms with Gasteiger partial charge in [0, 0.05) is 10.8 Å². The Morgan fingerprint density at radius 1 is 1.09 bits per heavy atom. The molecule has 2 nitrogen and oxygen atoms in total. The van der Waals surface area contributed by atoms with Crippen LogP contribution in [0.5, 0.6) is 0 Å². The third-order valence-corrected chi connectivity index (χ3v) is 5.46. The Labute approximate surface area is 143 Å². The smallest absolute Gasteiger partial charge is 0.382 e. The first-order chi connectivity index (χ1) is 10.6. The van der Waals surface area contributed by atoms with Crippen molar-refractivity contribution in [2.75, 3.05) is 0 Å². The molecule has 1 N–H and O–H groups in total. The van der Waals surface area contributed by atoms with Crippen LogP contribution in [0.4, 0.5) is 0 Å². The van der Waals surface area contributed by atoms with Gasteiger partial charge in [-0.25, -0.2) is 4.79 Å². The molecule has 0 bridgehead atoms. The van der Waals surface area contributed by atoms with E-state index in [9.17, 15) is 4.79 Å². The molecule has 1 aromatic rings. The third kappa shape index (κ3) is 3.92. The van der Waals surface area contributed by atoms with Gasteiger partial charge in [-0.1, -0.05) is 33.8 Å². The number of aryl methyl sites for hydroxylation is 1. The highest BCUT2D eigenvalue weighted by atomic mass is 32.2. The zero-order chi connectivity index (χ0) is 17.3. The Balaban J connectivity index is 2.38. The van der Waals surface area contributed by atoms with Gasteiger partial charge in [0.2, 0.25) is 0 Å². The van der Waals surface area contributed by atoms with Crippen LogP contribution in [0.1, 0.15) is 57.2 Å². The van der Waals surface area contributed by atoms with Crippen molar-refractivity contribution in [2.24, 2.45) is 0 Å². The molecule has 120 valence electrons. The molecule has 0 atom stereocenters. The summed E-state index contributed by atoms with van der Waals surface area (Å²) in [5, 5.41) is 11.3. The van der Waals surface area contributed by atoms with E-state index in [-0.39, 0.29) is 10.8 Å². The molecule has 0 saturated heterocycles. The summed E-state index contributed by atoms with van der Waals surface area (Å²) in [5.41, 5.74) is 4.43. The molecule has 0 spiro atoms. The number of aliphatic carboxylic acids is 1. The number of rotatable bonds is 1. The van der Waals surface area contributed by atoms with Crippen molar-refractivity contribution in [3.63, 3.8) is 0 Å². The highest BCUT2D eigenvalue weighted by Gasteiger charge is 2.37. The van der Waals surface area contributed by atoms with Gasteiger partial charge in [-0.15, -0.1) is 0 Å². The molecule has 2 rings (SSSR count). The van der Waals surface area contributed by atoms with Gasteiger partial charge in [0.25, 0.3) is 0 Å². The van der Waals surface area contributed by atoms with Gasteiger partial charge in [-0.2, -0.15) is 0 Å². The topological polar surface area (TPSA) is 37.3 Å². The maximum absolute atomic E-state index is 10.3. The first-order valence-electron chi connectivity index (χ1n) is 7.70. The summed E-state index contributed by atoms with van der Waals surface area (Å²) in [4.78, 5) is 11.5. The molecule has 1 aliphatic carbocycles. The number of hydrogen-bond acceptors (Lipinski definition) is 2. The molecule has 1 aromatic carbocycles. The SMILES string of the molecule is Cc1cc2c(cc1SC#CC#CC(=O)O)C(C)(C)CCC2(C)C. The summed E-state index contributed by atoms with van der Waals surface area (Å²) in [5.74, 6) is 5.76. The van der Waals surface area contributed by atoms with E-state index in [1.807, 2.05) is 5.92 Å². The van der Waals surface area contributed by atoms with Gasteiger partial charge in [0.1, 0.15) is 0 Å². The van der Waals surface area contributed by atoms with Crippen molar-refractivity contribution in [1.82, 2.24) is 0 Å². The predicted molar refractivity (Wildman–Crippen MR) is 95.5 cm³/mol. The minimum absolute atomic E-state index is 0.171. The maximum Gasteiger partial charge on any atom is 0.382 e. The van der Waals surface area contributed by atoms with E-state index >= 15 is 0 Å². The third-order valence-electron chi connectivity index (χ3n) is 4.59. The molecule has 23 heavy (non-hydrogen) atoms. The molecule has 0 heterocycles. The van der Waals surface area contributed by atoms with Crippen molar-refractivity contribution in [2.45, 2.75) is 63.2 Å². The molecular weight excluding hydrogens is 304 g/mol. The summed E-state index contributed by atoms with van der Waals surface area (Å²) in [6.07, 6.45) is 2.37. The highest BCUT2D eigenvalue weighted by Crippen LogP contribution is 2.47. The van der Waals surface area contributed by atoms with Gasteiger partial charge in [0.15, 0.2) is 0 Å². The Morgan fingerprint density at radius 3 is 2.22 bits per heavy atom. The fraction of sp³-hybridized carbons (Fsp3) is 0.450. The lowest BCUT2D eigenvalue weighted by Gasteiger charge is -2.42. The molecule has 0 unspecified atom stereocenters. The zero-order valence-corrected chi connectivity index (χ0v) is 15.1. The lowest BCUT2D eigenvalue weighted by atomic mass is 9.63. The van der Waals surface area contributed by atoms with Gasteiger partial charge in [-0.05, 0) is 82.2 Å². The van der Waals surface area contributed by atoms with Gasteiger partial charge < -0.3 is 5.11 Å². The Bertz CT molecular complexity index is 765. The zero-order valence-electron chi connectivity index (χ0n) is 14.3. The number of carboxylic acid groups (broad SMARTS) is 1. The predicted octanol–water partition coefficient (Wildman–Crippen LogP) is 4.49. The van der Waals surface area contributed by atoms with Crippen LogP contribution >= 0.6 is 11.8 Å². The van der Waals surface area contributed by atoms with E-state index in [1.54, 1.807) is 0 Å². The van der Waals surface area contributed by atoms with Crippen LogP contribution in [0, 0.1) is 29.9 Å². The Kier molecular flexibility index (Phi) is 4.83. The molecular formula is C20H22O2S. The standard InChI is InChI=1S/C20H22O2S/c1-14-12-15-16(20(4,5)10-9-19(15,2)3)13-17(14)23-11-7-6-8-18(21)22/h12-13H,9-10H2,1-5H3,(H,21,22). The monoisotopic (exact) mass is 326 g/mol. The van der Waals surface area contributed by atoms with Crippen molar-refractivity contribution < 1.29 is 9.90 Å². The molecule has 3 heteroatoms. The Morgan fingerprint density at radius 2 is 1.65 bits per heavy atom. The molecule has 1 aliphatic rings. The van der Waals surface area contributed by atoms with Crippen LogP contribution in [0.15, 0.2) is 17.0 Å². The van der Waals surface area contributed by atoms with Gasteiger partial charge in [0.05, 0.1) is 0 Å². The normalized spacial score (nSPS) is 17.1. The quantitative estimate of drug-likeness (QED) is 0.610. The number of fused-ring (bicyclic) bond motifs is 1. The molecule has 0 saturated carbocycles. The Hall–Kier alpha value is -1.84. The number of carboxylic acids is 1. The molecule has 0 amide bonds. The average molecular weight is 326 g/mol. The number of hydrogen-bond donors (Lipinski definition) is 1. The molecule has 0 aliphatic heterocycles. The first-order valence-corrected chi connectivity index (χ1v) is 8.51. The van der Waals surface area contributed by atoms with Crippen molar-refractivity contribution in [1.29, 1.82) is 0 Å². The summed E-state index contributed by atoms with van der Waals surface area (Å²) >= 11 is 1.42. The van der Waals surface area contributed by atoms with E-state index < -0.39 is 5.97 Å². The molecule has 0 aromatic heterocycles. The lowest BCUT2D eigenvalue weighted by Crippen LogP contribution is -2.34.